The number of benzene rings is 1. The lowest BCUT2D eigenvalue weighted by Gasteiger charge is -2.07. The van der Waals surface area contributed by atoms with Crippen molar-refractivity contribution in [2.45, 2.75) is 26.8 Å². The summed E-state index contributed by atoms with van der Waals surface area (Å²) in [6, 6.07) is 11.5. The summed E-state index contributed by atoms with van der Waals surface area (Å²) in [5, 5.41) is 3.34. The summed E-state index contributed by atoms with van der Waals surface area (Å²) >= 11 is 0. The van der Waals surface area contributed by atoms with E-state index in [1.807, 2.05) is 49.5 Å². The number of aromatic nitrogens is 1. The van der Waals surface area contributed by atoms with Crippen LogP contribution in [0.4, 0.5) is 0 Å². The Kier molecular flexibility index (Phi) is 6.03. The topological polar surface area (TPSA) is 43.4 Å². The molecule has 21 heavy (non-hydrogen) atoms. The summed E-state index contributed by atoms with van der Waals surface area (Å²) in [6.07, 6.45) is 2.97. The molecule has 0 saturated carbocycles. The fourth-order valence-electron chi connectivity index (χ4n) is 1.88. The maximum absolute atomic E-state index is 5.71. The van der Waals surface area contributed by atoms with Gasteiger partial charge in [-0.25, -0.2) is 4.98 Å². The van der Waals surface area contributed by atoms with Gasteiger partial charge in [-0.05, 0) is 49.7 Å². The summed E-state index contributed by atoms with van der Waals surface area (Å²) in [6.45, 7) is 6.63. The van der Waals surface area contributed by atoms with Gasteiger partial charge in [0.25, 0.3) is 0 Å². The summed E-state index contributed by atoms with van der Waals surface area (Å²) in [5.74, 6) is 2.19. The van der Waals surface area contributed by atoms with Crippen LogP contribution in [0.25, 0.3) is 0 Å². The lowest BCUT2D eigenvalue weighted by molar-refractivity contribution is 0.339. The van der Waals surface area contributed by atoms with Gasteiger partial charge in [0.2, 0.25) is 5.88 Å². The zero-order valence-corrected chi connectivity index (χ0v) is 12.6. The fourth-order valence-corrected chi connectivity index (χ4v) is 1.88. The number of ether oxygens (including phenoxy) is 2. The van der Waals surface area contributed by atoms with Crippen LogP contribution >= 0.6 is 0 Å². The Labute approximate surface area is 126 Å². The van der Waals surface area contributed by atoms with E-state index in [1.54, 1.807) is 0 Å². The monoisotopic (exact) mass is 286 g/mol. The molecule has 0 amide bonds. The molecule has 1 aromatic carbocycles. The second-order valence-corrected chi connectivity index (χ2v) is 4.69. The minimum absolute atomic E-state index is 0.596. The molecule has 1 aromatic heterocycles. The molecule has 4 heteroatoms. The van der Waals surface area contributed by atoms with Gasteiger partial charge in [0, 0.05) is 18.8 Å². The molecule has 0 aliphatic rings. The zero-order chi connectivity index (χ0) is 14.9. The minimum Gasteiger partial charge on any atom is -0.494 e. The van der Waals surface area contributed by atoms with Crippen molar-refractivity contribution in [1.82, 2.24) is 10.3 Å². The molecule has 0 radical (unpaired) electrons. The Bertz CT molecular complexity index is 523. The number of nitrogens with one attached hydrogen (secondary N) is 1. The average molecular weight is 286 g/mol. The van der Waals surface area contributed by atoms with Gasteiger partial charge in [-0.15, -0.1) is 0 Å². The first kappa shape index (κ1) is 15.3. The largest absolute Gasteiger partial charge is 0.494 e. The second-order valence-electron chi connectivity index (χ2n) is 4.69. The first-order valence-electron chi connectivity index (χ1n) is 7.38. The normalized spacial score (nSPS) is 10.4. The quantitative estimate of drug-likeness (QED) is 0.750. The third-order valence-corrected chi connectivity index (χ3v) is 2.91. The van der Waals surface area contributed by atoms with Crippen LogP contribution in [0.2, 0.25) is 0 Å². The molecule has 2 rings (SSSR count). The first-order chi connectivity index (χ1) is 10.3. The molecule has 0 aliphatic heterocycles. The minimum atomic E-state index is 0.596. The summed E-state index contributed by atoms with van der Waals surface area (Å²) in [7, 11) is 0. The van der Waals surface area contributed by atoms with Gasteiger partial charge < -0.3 is 14.8 Å². The van der Waals surface area contributed by atoms with Crippen molar-refractivity contribution < 1.29 is 9.47 Å². The summed E-state index contributed by atoms with van der Waals surface area (Å²) < 4.78 is 11.1. The van der Waals surface area contributed by atoms with E-state index in [1.165, 1.54) is 0 Å². The molecule has 0 saturated heterocycles. The van der Waals surface area contributed by atoms with Crippen LogP contribution in [0.3, 0.4) is 0 Å². The Morgan fingerprint density at radius 3 is 2.38 bits per heavy atom. The lowest BCUT2D eigenvalue weighted by Crippen LogP contribution is -2.13. The molecule has 4 nitrogen and oxygen atoms in total. The SMILES string of the molecule is CCCNCc1ccc(Oc2ccc(OCC)cc2)nc1. The number of nitrogens with zero attached hydrogens (tertiary/aromatic N) is 1. The first-order valence-corrected chi connectivity index (χ1v) is 7.38. The van der Waals surface area contributed by atoms with Gasteiger partial charge in [-0.2, -0.15) is 0 Å². The van der Waals surface area contributed by atoms with E-state index in [0.29, 0.717) is 12.5 Å². The van der Waals surface area contributed by atoms with Crippen LogP contribution in [0.1, 0.15) is 25.8 Å². The van der Waals surface area contributed by atoms with Crippen LogP contribution in [0.15, 0.2) is 42.6 Å². The summed E-state index contributed by atoms with van der Waals surface area (Å²) in [4.78, 5) is 4.32. The fraction of sp³-hybridized carbons (Fsp3) is 0.353. The van der Waals surface area contributed by atoms with Crippen molar-refractivity contribution in [3.05, 3.63) is 48.2 Å². The van der Waals surface area contributed by atoms with Gasteiger partial charge in [0.05, 0.1) is 6.61 Å². The molecule has 1 heterocycles. The van der Waals surface area contributed by atoms with Crippen molar-refractivity contribution >= 4 is 0 Å². The average Bonchev–Trinajstić information content (AvgIpc) is 2.51. The van der Waals surface area contributed by atoms with E-state index < -0.39 is 0 Å². The highest BCUT2D eigenvalue weighted by Crippen LogP contribution is 2.22. The summed E-state index contributed by atoms with van der Waals surface area (Å²) in [5.41, 5.74) is 1.16. The van der Waals surface area contributed by atoms with Gasteiger partial charge in [0.15, 0.2) is 0 Å². The molecular formula is C17H22N2O2. The highest BCUT2D eigenvalue weighted by molar-refractivity contribution is 5.33. The van der Waals surface area contributed by atoms with Crippen molar-refractivity contribution in [3.63, 3.8) is 0 Å². The molecule has 0 aliphatic carbocycles. The molecule has 1 N–H and O–H groups in total. The van der Waals surface area contributed by atoms with Gasteiger partial charge in [-0.3, -0.25) is 0 Å². The molecule has 0 atom stereocenters. The molecule has 0 fully saturated rings. The Morgan fingerprint density at radius 2 is 1.76 bits per heavy atom. The number of pyridine rings is 1. The lowest BCUT2D eigenvalue weighted by atomic mass is 10.3. The molecule has 112 valence electrons. The van der Waals surface area contributed by atoms with Crippen molar-refractivity contribution in [1.29, 1.82) is 0 Å². The van der Waals surface area contributed by atoms with Gasteiger partial charge >= 0.3 is 0 Å². The second kappa shape index (κ2) is 8.27. The predicted octanol–water partition coefficient (Wildman–Crippen LogP) is 3.77. The number of hydrogen-bond acceptors (Lipinski definition) is 4. The van der Waals surface area contributed by atoms with Crippen molar-refractivity contribution in [3.8, 4) is 17.4 Å². The van der Waals surface area contributed by atoms with E-state index in [9.17, 15) is 0 Å². The highest BCUT2D eigenvalue weighted by atomic mass is 16.5. The standard InChI is InChI=1S/C17H22N2O2/c1-3-11-18-12-14-5-10-17(19-13-14)21-16-8-6-15(7-9-16)20-4-2/h5-10,13,18H,3-4,11-12H2,1-2H3. The van der Waals surface area contributed by atoms with Crippen LogP contribution < -0.4 is 14.8 Å². The van der Waals surface area contributed by atoms with Crippen LogP contribution in [0.5, 0.6) is 17.4 Å². The maximum Gasteiger partial charge on any atom is 0.219 e. The Morgan fingerprint density at radius 1 is 1.00 bits per heavy atom. The third-order valence-electron chi connectivity index (χ3n) is 2.91. The number of rotatable bonds is 8. The zero-order valence-electron chi connectivity index (χ0n) is 12.6. The molecule has 0 bridgehead atoms. The van der Waals surface area contributed by atoms with E-state index in [4.69, 9.17) is 9.47 Å². The van der Waals surface area contributed by atoms with Gasteiger partial charge in [0.1, 0.15) is 11.5 Å². The van der Waals surface area contributed by atoms with E-state index in [0.717, 1.165) is 36.6 Å². The third kappa shape index (κ3) is 5.08. The van der Waals surface area contributed by atoms with Gasteiger partial charge in [-0.1, -0.05) is 13.0 Å². The highest BCUT2D eigenvalue weighted by Gasteiger charge is 2.00. The molecule has 2 aromatic rings. The van der Waals surface area contributed by atoms with Crippen LogP contribution in [-0.4, -0.2) is 18.1 Å². The Hall–Kier alpha value is -2.07. The van der Waals surface area contributed by atoms with E-state index >= 15 is 0 Å². The van der Waals surface area contributed by atoms with Crippen LogP contribution in [0, 0.1) is 0 Å². The Balaban J connectivity index is 1.90. The van der Waals surface area contributed by atoms with E-state index in [-0.39, 0.29) is 0 Å². The van der Waals surface area contributed by atoms with Crippen molar-refractivity contribution in [2.75, 3.05) is 13.2 Å². The maximum atomic E-state index is 5.71. The predicted molar refractivity (Wildman–Crippen MR) is 83.9 cm³/mol. The molecule has 0 spiro atoms. The van der Waals surface area contributed by atoms with Crippen molar-refractivity contribution in [2.24, 2.45) is 0 Å². The van der Waals surface area contributed by atoms with Crippen LogP contribution in [-0.2, 0) is 6.54 Å². The smallest absolute Gasteiger partial charge is 0.219 e. The molecule has 0 unspecified atom stereocenters. The number of hydrogen-bond donors (Lipinski definition) is 1. The molecular weight excluding hydrogens is 264 g/mol. The van der Waals surface area contributed by atoms with E-state index in [2.05, 4.69) is 17.2 Å².